The number of hydrogen-bond acceptors (Lipinski definition) is 6. The van der Waals surface area contributed by atoms with Crippen LogP contribution in [-0.4, -0.2) is 36.9 Å². The van der Waals surface area contributed by atoms with Crippen LogP contribution in [0.15, 0.2) is 4.52 Å². The monoisotopic (exact) mass is 299 g/mol. The van der Waals surface area contributed by atoms with Crippen LogP contribution in [0.2, 0.25) is 0 Å². The lowest BCUT2D eigenvalue weighted by atomic mass is 9.90. The third kappa shape index (κ3) is 2.88. The van der Waals surface area contributed by atoms with Crippen LogP contribution in [0.25, 0.3) is 0 Å². The molecule has 1 N–H and O–H groups in total. The molecule has 1 aromatic heterocycles. The van der Waals surface area contributed by atoms with E-state index in [0.717, 1.165) is 19.3 Å². The van der Waals surface area contributed by atoms with E-state index in [9.17, 15) is 8.42 Å². The summed E-state index contributed by atoms with van der Waals surface area (Å²) in [4.78, 5) is 4.26. The van der Waals surface area contributed by atoms with Gasteiger partial charge in [0.05, 0.1) is 0 Å². The Kier molecular flexibility index (Phi) is 3.58. The van der Waals surface area contributed by atoms with Gasteiger partial charge in [0.25, 0.3) is 0 Å². The van der Waals surface area contributed by atoms with Crippen molar-refractivity contribution < 1.29 is 12.9 Å². The van der Waals surface area contributed by atoms with Gasteiger partial charge in [-0.2, -0.15) is 4.98 Å². The number of piperidine rings is 1. The highest BCUT2D eigenvalue weighted by Gasteiger charge is 2.34. The molecular weight excluding hydrogens is 278 g/mol. The maximum absolute atomic E-state index is 11.5. The van der Waals surface area contributed by atoms with Crippen molar-refractivity contribution in [1.82, 2.24) is 15.5 Å². The fraction of sp³-hybridized carbons (Fsp3) is 0.846. The molecule has 2 aliphatic heterocycles. The second-order valence-electron chi connectivity index (χ2n) is 6.20. The predicted molar refractivity (Wildman–Crippen MR) is 73.9 cm³/mol. The highest BCUT2D eigenvalue weighted by Crippen LogP contribution is 2.32. The second kappa shape index (κ2) is 5.11. The van der Waals surface area contributed by atoms with Crippen LogP contribution in [0.5, 0.6) is 0 Å². The summed E-state index contributed by atoms with van der Waals surface area (Å²) in [7, 11) is -3.18. The molecule has 20 heavy (non-hydrogen) atoms. The maximum Gasteiger partial charge on any atom is 0.226 e. The quantitative estimate of drug-likeness (QED) is 0.900. The molecule has 3 unspecified atom stereocenters. The van der Waals surface area contributed by atoms with Crippen LogP contribution in [0.3, 0.4) is 0 Å². The summed E-state index contributed by atoms with van der Waals surface area (Å²) < 4.78 is 28.2. The van der Waals surface area contributed by atoms with Gasteiger partial charge in [-0.3, -0.25) is 0 Å². The Labute approximate surface area is 119 Å². The maximum atomic E-state index is 11.5. The summed E-state index contributed by atoms with van der Waals surface area (Å²) >= 11 is 0. The molecule has 3 heterocycles. The second-order valence-corrected chi connectivity index (χ2v) is 8.56. The Morgan fingerprint density at radius 2 is 2.00 bits per heavy atom. The summed E-state index contributed by atoms with van der Waals surface area (Å²) in [6, 6.07) is 1.27. The summed E-state index contributed by atoms with van der Waals surface area (Å²) in [6.45, 7) is 1.59. The van der Waals surface area contributed by atoms with Crippen LogP contribution in [0.1, 0.15) is 49.6 Å². The molecule has 1 aromatic rings. The number of hydrogen-bond donors (Lipinski definition) is 1. The van der Waals surface area contributed by atoms with Crippen LogP contribution in [0.4, 0.5) is 0 Å². The number of aromatic nitrogens is 2. The van der Waals surface area contributed by atoms with Crippen molar-refractivity contribution in [3.63, 3.8) is 0 Å². The van der Waals surface area contributed by atoms with Gasteiger partial charge in [-0.05, 0) is 38.5 Å². The first-order chi connectivity index (χ1) is 9.41. The minimum absolute atomic E-state index is 0.277. The fourth-order valence-electron chi connectivity index (χ4n) is 3.30. The van der Waals surface area contributed by atoms with Gasteiger partial charge in [0, 0.05) is 24.8 Å². The van der Waals surface area contributed by atoms with Crippen molar-refractivity contribution in [2.45, 2.75) is 56.4 Å². The molecule has 0 saturated carbocycles. The van der Waals surface area contributed by atoms with Gasteiger partial charge in [-0.1, -0.05) is 5.16 Å². The van der Waals surface area contributed by atoms with Crippen LogP contribution < -0.4 is 5.32 Å². The molecule has 0 spiro atoms. The molecule has 2 saturated heterocycles. The third-order valence-corrected chi connectivity index (χ3v) is 6.02. The standard InChI is InChI=1S/C13H21N3O3S/c1-8(20(2,17)18)13-15-12(19-16-13)7-9-5-10-3-4-11(6-9)14-10/h8-11,14H,3-7H2,1-2H3. The molecule has 0 aliphatic carbocycles. The highest BCUT2D eigenvalue weighted by molar-refractivity contribution is 7.90. The van der Waals surface area contributed by atoms with Gasteiger partial charge in [0.2, 0.25) is 5.89 Å². The Morgan fingerprint density at radius 1 is 1.35 bits per heavy atom. The number of fused-ring (bicyclic) bond motifs is 2. The zero-order chi connectivity index (χ0) is 14.3. The molecule has 2 fully saturated rings. The van der Waals surface area contributed by atoms with Crippen LogP contribution in [-0.2, 0) is 16.3 Å². The SMILES string of the molecule is CC(c1noc(CC2CC3CCC(C2)N3)n1)S(C)(=O)=O. The van der Waals surface area contributed by atoms with Crippen molar-refractivity contribution in [1.29, 1.82) is 0 Å². The molecule has 2 bridgehead atoms. The highest BCUT2D eigenvalue weighted by atomic mass is 32.2. The lowest BCUT2D eigenvalue weighted by Crippen LogP contribution is -2.38. The summed E-state index contributed by atoms with van der Waals surface area (Å²) in [5.41, 5.74) is 0. The average molecular weight is 299 g/mol. The van der Waals surface area contributed by atoms with Gasteiger partial charge in [-0.15, -0.1) is 0 Å². The van der Waals surface area contributed by atoms with Crippen molar-refractivity contribution in [2.24, 2.45) is 5.92 Å². The Hall–Kier alpha value is -0.950. The molecule has 7 heteroatoms. The number of sulfone groups is 1. The van der Waals surface area contributed by atoms with E-state index in [-0.39, 0.29) is 5.82 Å². The normalized spacial score (nSPS) is 31.4. The summed E-state index contributed by atoms with van der Waals surface area (Å²) in [6.07, 6.45) is 6.78. The first-order valence-corrected chi connectivity index (χ1v) is 9.14. The van der Waals surface area contributed by atoms with E-state index >= 15 is 0 Å². The van der Waals surface area contributed by atoms with Gasteiger partial charge >= 0.3 is 0 Å². The molecule has 112 valence electrons. The van der Waals surface area contributed by atoms with E-state index in [1.54, 1.807) is 6.92 Å². The van der Waals surface area contributed by atoms with Gasteiger partial charge in [0.1, 0.15) is 5.25 Å². The smallest absolute Gasteiger partial charge is 0.226 e. The van der Waals surface area contributed by atoms with E-state index in [1.807, 2.05) is 0 Å². The Balaban J connectivity index is 1.66. The van der Waals surface area contributed by atoms with Gasteiger partial charge in [0.15, 0.2) is 15.7 Å². The third-order valence-electron chi connectivity index (χ3n) is 4.52. The lowest BCUT2D eigenvalue weighted by Gasteiger charge is -2.28. The lowest BCUT2D eigenvalue weighted by molar-refractivity contribution is 0.270. The topological polar surface area (TPSA) is 85.1 Å². The van der Waals surface area contributed by atoms with Crippen molar-refractivity contribution >= 4 is 9.84 Å². The fourth-order valence-corrected chi connectivity index (χ4v) is 3.77. The summed E-state index contributed by atoms with van der Waals surface area (Å²) in [5.74, 6) is 1.41. The molecule has 0 amide bonds. The zero-order valence-electron chi connectivity index (χ0n) is 11.9. The van der Waals surface area contributed by atoms with E-state index < -0.39 is 15.1 Å². The van der Waals surface area contributed by atoms with Crippen molar-refractivity contribution in [2.75, 3.05) is 6.26 Å². The van der Waals surface area contributed by atoms with E-state index in [2.05, 4.69) is 15.5 Å². The number of rotatable bonds is 4. The summed E-state index contributed by atoms with van der Waals surface area (Å²) in [5, 5.41) is 6.72. The van der Waals surface area contributed by atoms with Gasteiger partial charge < -0.3 is 9.84 Å². The minimum Gasteiger partial charge on any atom is -0.339 e. The van der Waals surface area contributed by atoms with E-state index in [0.29, 0.717) is 23.9 Å². The van der Waals surface area contributed by atoms with Crippen molar-refractivity contribution in [3.8, 4) is 0 Å². The molecule has 3 atom stereocenters. The predicted octanol–water partition coefficient (Wildman–Crippen LogP) is 1.25. The van der Waals surface area contributed by atoms with Crippen molar-refractivity contribution in [3.05, 3.63) is 11.7 Å². The molecule has 0 aromatic carbocycles. The van der Waals surface area contributed by atoms with Crippen LogP contribution >= 0.6 is 0 Å². The molecule has 3 rings (SSSR count). The minimum atomic E-state index is -3.18. The Bertz CT molecular complexity index is 571. The molecule has 0 radical (unpaired) electrons. The van der Waals surface area contributed by atoms with E-state index in [1.165, 1.54) is 19.1 Å². The average Bonchev–Trinajstić information content (AvgIpc) is 2.94. The molecular formula is C13H21N3O3S. The number of nitrogens with zero attached hydrogens (tertiary/aromatic N) is 2. The van der Waals surface area contributed by atoms with Crippen LogP contribution in [0, 0.1) is 5.92 Å². The largest absolute Gasteiger partial charge is 0.339 e. The van der Waals surface area contributed by atoms with E-state index in [4.69, 9.17) is 4.52 Å². The Morgan fingerprint density at radius 3 is 2.60 bits per heavy atom. The number of nitrogens with one attached hydrogen (secondary N) is 1. The first-order valence-electron chi connectivity index (χ1n) is 7.19. The van der Waals surface area contributed by atoms with Gasteiger partial charge in [-0.25, -0.2) is 8.42 Å². The molecule has 6 nitrogen and oxygen atoms in total. The zero-order valence-corrected chi connectivity index (χ0v) is 12.7. The molecule has 2 aliphatic rings. The first kappa shape index (κ1) is 14.0.